The van der Waals surface area contributed by atoms with Gasteiger partial charge in [-0.2, -0.15) is 0 Å². The third-order valence-electron chi connectivity index (χ3n) is 2.00. The molecule has 0 amide bonds. The molecule has 0 aromatic heterocycles. The molecule has 1 aliphatic rings. The van der Waals surface area contributed by atoms with Crippen LogP contribution in [0.5, 0.6) is 0 Å². The molecule has 0 bridgehead atoms. The Hall–Kier alpha value is -0.560. The van der Waals surface area contributed by atoms with E-state index < -0.39 is 0 Å². The maximum absolute atomic E-state index is 9.63. The number of hydrogen-bond donors (Lipinski definition) is 1. The van der Waals surface area contributed by atoms with E-state index in [1.54, 1.807) is 0 Å². The van der Waals surface area contributed by atoms with E-state index in [4.69, 9.17) is 0 Å². The first-order valence-electron chi connectivity index (χ1n) is 5.26. The van der Waals surface area contributed by atoms with Gasteiger partial charge >= 0.3 is 0 Å². The first kappa shape index (κ1) is 12.4. The van der Waals surface area contributed by atoms with Crippen LogP contribution in [0.1, 0.15) is 40.5 Å². The van der Waals surface area contributed by atoms with Crippen molar-refractivity contribution in [3.63, 3.8) is 0 Å². The van der Waals surface area contributed by atoms with E-state index in [1.807, 2.05) is 33.8 Å². The fourth-order valence-corrected chi connectivity index (χ4v) is 1.24. The van der Waals surface area contributed by atoms with Crippen LogP contribution in [0.15, 0.2) is 23.8 Å². The molecule has 0 radical (unpaired) electrons. The van der Waals surface area contributed by atoms with Gasteiger partial charge in [-0.1, -0.05) is 45.9 Å². The van der Waals surface area contributed by atoms with Crippen molar-refractivity contribution in [1.82, 2.24) is 0 Å². The third-order valence-corrected chi connectivity index (χ3v) is 2.00. The zero-order chi connectivity index (χ0) is 10.3. The Morgan fingerprint density at radius 3 is 2.23 bits per heavy atom. The minimum absolute atomic E-state index is 0.272. The number of aliphatic hydroxyl groups is 1. The Labute approximate surface area is 82.2 Å². The van der Waals surface area contributed by atoms with Crippen molar-refractivity contribution in [1.29, 1.82) is 0 Å². The van der Waals surface area contributed by atoms with Crippen molar-refractivity contribution in [3.05, 3.63) is 23.8 Å². The van der Waals surface area contributed by atoms with Crippen LogP contribution in [0.25, 0.3) is 0 Å². The Balaban J connectivity index is 0.000000671. The summed E-state index contributed by atoms with van der Waals surface area (Å²) in [6, 6.07) is 0. The number of hydrogen-bond acceptors (Lipinski definition) is 1. The number of aliphatic hydroxyl groups excluding tert-OH is 1. The largest absolute Gasteiger partial charge is 0.388 e. The maximum atomic E-state index is 9.63. The van der Waals surface area contributed by atoms with Crippen LogP contribution in [0.3, 0.4) is 0 Å². The average Bonchev–Trinajstić information content (AvgIpc) is 2.21. The summed E-state index contributed by atoms with van der Waals surface area (Å²) in [5.74, 6) is 0.323. The molecule has 13 heavy (non-hydrogen) atoms. The molecule has 1 heteroatoms. The van der Waals surface area contributed by atoms with E-state index in [-0.39, 0.29) is 6.10 Å². The zero-order valence-corrected chi connectivity index (χ0v) is 9.25. The summed E-state index contributed by atoms with van der Waals surface area (Å²) < 4.78 is 0. The van der Waals surface area contributed by atoms with Crippen LogP contribution in [-0.4, -0.2) is 11.2 Å². The predicted molar refractivity (Wildman–Crippen MR) is 58.6 cm³/mol. The summed E-state index contributed by atoms with van der Waals surface area (Å²) in [4.78, 5) is 0. The van der Waals surface area contributed by atoms with Gasteiger partial charge in [-0.05, 0) is 24.3 Å². The fourth-order valence-electron chi connectivity index (χ4n) is 1.24. The van der Waals surface area contributed by atoms with Crippen molar-refractivity contribution in [2.45, 2.75) is 46.6 Å². The summed E-state index contributed by atoms with van der Waals surface area (Å²) in [5, 5.41) is 9.63. The maximum Gasteiger partial charge on any atom is 0.0809 e. The van der Waals surface area contributed by atoms with E-state index in [0.29, 0.717) is 5.92 Å². The van der Waals surface area contributed by atoms with Gasteiger partial charge in [0.25, 0.3) is 0 Å². The molecule has 1 rings (SSSR count). The van der Waals surface area contributed by atoms with Crippen molar-refractivity contribution < 1.29 is 5.11 Å². The van der Waals surface area contributed by atoms with E-state index >= 15 is 0 Å². The fraction of sp³-hybridized carbons (Fsp3) is 0.667. The van der Waals surface area contributed by atoms with Crippen molar-refractivity contribution >= 4 is 0 Å². The van der Waals surface area contributed by atoms with Gasteiger partial charge in [-0.15, -0.1) is 0 Å². The molecule has 1 unspecified atom stereocenters. The SMILES string of the molecule is CC.CC(C)C(O)C1=CCCC=C1. The zero-order valence-electron chi connectivity index (χ0n) is 9.25. The Morgan fingerprint density at radius 2 is 1.85 bits per heavy atom. The van der Waals surface area contributed by atoms with Crippen LogP contribution >= 0.6 is 0 Å². The lowest BCUT2D eigenvalue weighted by Crippen LogP contribution is -2.17. The molecule has 1 aliphatic carbocycles. The Morgan fingerprint density at radius 1 is 1.23 bits per heavy atom. The first-order valence-corrected chi connectivity index (χ1v) is 5.26. The monoisotopic (exact) mass is 182 g/mol. The van der Waals surface area contributed by atoms with Crippen LogP contribution < -0.4 is 0 Å². The van der Waals surface area contributed by atoms with Gasteiger partial charge in [-0.25, -0.2) is 0 Å². The van der Waals surface area contributed by atoms with Gasteiger partial charge in [0.2, 0.25) is 0 Å². The molecule has 0 heterocycles. The highest BCUT2D eigenvalue weighted by atomic mass is 16.3. The lowest BCUT2D eigenvalue weighted by Gasteiger charge is -2.17. The molecular weight excluding hydrogens is 160 g/mol. The predicted octanol–water partition coefficient (Wildman–Crippen LogP) is 3.31. The number of rotatable bonds is 2. The van der Waals surface area contributed by atoms with Gasteiger partial charge < -0.3 is 5.11 Å². The van der Waals surface area contributed by atoms with Crippen LogP contribution in [0.2, 0.25) is 0 Å². The lowest BCUT2D eigenvalue weighted by atomic mass is 9.95. The molecule has 1 atom stereocenters. The van der Waals surface area contributed by atoms with Gasteiger partial charge in [0.05, 0.1) is 6.10 Å². The van der Waals surface area contributed by atoms with E-state index in [9.17, 15) is 5.11 Å². The van der Waals surface area contributed by atoms with Gasteiger partial charge in [0.15, 0.2) is 0 Å². The van der Waals surface area contributed by atoms with Crippen LogP contribution in [0, 0.1) is 5.92 Å². The highest BCUT2D eigenvalue weighted by Crippen LogP contribution is 2.18. The molecule has 1 nitrogen and oxygen atoms in total. The minimum Gasteiger partial charge on any atom is -0.388 e. The van der Waals surface area contributed by atoms with Crippen molar-refractivity contribution in [3.8, 4) is 0 Å². The lowest BCUT2D eigenvalue weighted by molar-refractivity contribution is 0.163. The molecule has 0 saturated heterocycles. The molecule has 0 aromatic rings. The van der Waals surface area contributed by atoms with Crippen molar-refractivity contribution in [2.24, 2.45) is 5.92 Å². The molecule has 76 valence electrons. The average molecular weight is 182 g/mol. The standard InChI is InChI=1S/C10H16O.C2H6/c1-8(2)10(11)9-6-4-3-5-7-9;1-2/h4,6-8,10-11H,3,5H2,1-2H3;1-2H3. The normalized spacial score (nSPS) is 17.5. The van der Waals surface area contributed by atoms with Crippen LogP contribution in [-0.2, 0) is 0 Å². The highest BCUT2D eigenvalue weighted by molar-refractivity contribution is 5.26. The minimum atomic E-state index is -0.272. The molecule has 0 aromatic carbocycles. The number of allylic oxidation sites excluding steroid dienone is 2. The Bertz CT molecular complexity index is 178. The molecule has 0 aliphatic heterocycles. The van der Waals surface area contributed by atoms with Gasteiger partial charge in [0.1, 0.15) is 0 Å². The third kappa shape index (κ3) is 4.28. The highest BCUT2D eigenvalue weighted by Gasteiger charge is 2.12. The first-order chi connectivity index (χ1) is 6.22. The second-order valence-corrected chi connectivity index (χ2v) is 3.37. The molecular formula is C12H22O. The summed E-state index contributed by atoms with van der Waals surface area (Å²) in [6.07, 6.45) is 8.22. The summed E-state index contributed by atoms with van der Waals surface area (Å²) in [5.41, 5.74) is 1.09. The van der Waals surface area contributed by atoms with E-state index in [0.717, 1.165) is 18.4 Å². The summed E-state index contributed by atoms with van der Waals surface area (Å²) in [6.45, 7) is 8.07. The van der Waals surface area contributed by atoms with Crippen molar-refractivity contribution in [2.75, 3.05) is 0 Å². The topological polar surface area (TPSA) is 20.2 Å². The Kier molecular flexibility index (Phi) is 6.61. The second-order valence-electron chi connectivity index (χ2n) is 3.37. The summed E-state index contributed by atoms with van der Waals surface area (Å²) >= 11 is 0. The van der Waals surface area contributed by atoms with E-state index in [1.165, 1.54) is 0 Å². The van der Waals surface area contributed by atoms with E-state index in [2.05, 4.69) is 12.2 Å². The quantitative estimate of drug-likeness (QED) is 0.694. The molecule has 0 saturated carbocycles. The second kappa shape index (κ2) is 6.90. The summed E-state index contributed by atoms with van der Waals surface area (Å²) in [7, 11) is 0. The molecule has 1 N–H and O–H groups in total. The van der Waals surface area contributed by atoms with Crippen LogP contribution in [0.4, 0.5) is 0 Å². The van der Waals surface area contributed by atoms with Gasteiger partial charge in [-0.3, -0.25) is 0 Å². The molecule has 0 fully saturated rings. The van der Waals surface area contributed by atoms with Gasteiger partial charge in [0, 0.05) is 0 Å². The molecule has 0 spiro atoms. The smallest absolute Gasteiger partial charge is 0.0809 e.